The van der Waals surface area contributed by atoms with Gasteiger partial charge in [-0.1, -0.05) is 31.6 Å². The summed E-state index contributed by atoms with van der Waals surface area (Å²) in [6.45, 7) is 8.68. The zero-order chi connectivity index (χ0) is 23.5. The average molecular weight is 463 g/mol. The number of hydrogen-bond acceptors (Lipinski definition) is 6. The van der Waals surface area contributed by atoms with E-state index in [4.69, 9.17) is 9.47 Å². The first-order chi connectivity index (χ1) is 15.7. The highest BCUT2D eigenvalue weighted by Gasteiger charge is 2.58. The summed E-state index contributed by atoms with van der Waals surface area (Å²) in [5.74, 6) is 2.92. The van der Waals surface area contributed by atoms with Gasteiger partial charge in [-0.05, 0) is 85.9 Å². The zero-order valence-corrected chi connectivity index (χ0v) is 20.1. The lowest BCUT2D eigenvalue weighted by Gasteiger charge is -2.58. The molecule has 186 valence electrons. The van der Waals surface area contributed by atoms with Crippen molar-refractivity contribution in [1.29, 1.82) is 0 Å². The molecule has 4 N–H and O–H groups in total. The SMILES string of the molecule is C=CC1CCC2C3CC=C4C[C@@H](OC5OC(CO)C(O)C(O)C5O)CCC4(C)C3CCC12C. The highest BCUT2D eigenvalue weighted by molar-refractivity contribution is 5.25. The molecule has 4 fully saturated rings. The van der Waals surface area contributed by atoms with Gasteiger partial charge in [0.05, 0.1) is 12.7 Å². The predicted octanol–water partition coefficient (Wildman–Crippen LogP) is 2.94. The lowest BCUT2D eigenvalue weighted by Crippen LogP contribution is -2.60. The summed E-state index contributed by atoms with van der Waals surface area (Å²) >= 11 is 0. The quantitative estimate of drug-likeness (QED) is 0.480. The van der Waals surface area contributed by atoms with Gasteiger partial charge in [0.2, 0.25) is 0 Å². The first kappa shape index (κ1) is 24.0. The van der Waals surface area contributed by atoms with E-state index in [0.717, 1.165) is 37.5 Å². The maximum atomic E-state index is 10.4. The molecule has 0 aromatic rings. The fourth-order valence-electron chi connectivity index (χ4n) is 8.54. The molecule has 12 atom stereocenters. The van der Waals surface area contributed by atoms with Crippen molar-refractivity contribution in [3.63, 3.8) is 0 Å². The molecule has 4 aliphatic carbocycles. The molecule has 0 aromatic heterocycles. The van der Waals surface area contributed by atoms with Crippen molar-refractivity contribution in [1.82, 2.24) is 0 Å². The summed E-state index contributed by atoms with van der Waals surface area (Å²) in [5.41, 5.74) is 2.09. The largest absolute Gasteiger partial charge is 0.394 e. The number of hydrogen-bond donors (Lipinski definition) is 4. The van der Waals surface area contributed by atoms with Crippen LogP contribution in [0.25, 0.3) is 0 Å². The van der Waals surface area contributed by atoms with E-state index in [0.29, 0.717) is 17.3 Å². The van der Waals surface area contributed by atoms with Crippen LogP contribution in [0.1, 0.15) is 65.2 Å². The van der Waals surface area contributed by atoms with Crippen molar-refractivity contribution in [3.05, 3.63) is 24.3 Å². The van der Waals surface area contributed by atoms with Gasteiger partial charge in [0.15, 0.2) is 6.29 Å². The van der Waals surface area contributed by atoms with Crippen molar-refractivity contribution in [2.45, 2.75) is 102 Å². The standard InChI is InChI=1S/C27H42O6/c1-4-15-6-8-19-18-7-5-16-13-17(9-11-27(16,3)20(18)10-12-26(15,19)2)32-25-24(31)23(30)22(29)21(14-28)33-25/h4-5,15,17-25,28-31H,1,6-14H2,2-3H3/t15?,17-,18?,19?,20?,21?,22?,23?,24?,25?,26?,27?/m0/s1. The highest BCUT2D eigenvalue weighted by atomic mass is 16.7. The Morgan fingerprint density at radius 1 is 1.06 bits per heavy atom. The normalized spacial score (nSPS) is 54.1. The number of ether oxygens (including phenoxy) is 2. The molecule has 1 saturated heterocycles. The zero-order valence-electron chi connectivity index (χ0n) is 20.1. The molecule has 0 radical (unpaired) electrons. The third-order valence-corrected chi connectivity index (χ3v) is 10.6. The van der Waals surface area contributed by atoms with Crippen LogP contribution in [0.15, 0.2) is 24.3 Å². The Bertz CT molecular complexity index is 781. The minimum Gasteiger partial charge on any atom is -0.394 e. The van der Waals surface area contributed by atoms with Crippen LogP contribution in [0.2, 0.25) is 0 Å². The van der Waals surface area contributed by atoms with Crippen molar-refractivity contribution in [2.75, 3.05) is 6.61 Å². The molecule has 6 heteroatoms. The molecule has 0 amide bonds. The van der Waals surface area contributed by atoms with Gasteiger partial charge in [-0.2, -0.15) is 0 Å². The van der Waals surface area contributed by atoms with Crippen LogP contribution < -0.4 is 0 Å². The van der Waals surface area contributed by atoms with E-state index in [2.05, 4.69) is 32.6 Å². The van der Waals surface area contributed by atoms with E-state index in [9.17, 15) is 20.4 Å². The van der Waals surface area contributed by atoms with Crippen molar-refractivity contribution >= 4 is 0 Å². The van der Waals surface area contributed by atoms with Gasteiger partial charge in [0.1, 0.15) is 24.4 Å². The predicted molar refractivity (Wildman–Crippen MR) is 124 cm³/mol. The highest BCUT2D eigenvalue weighted by Crippen LogP contribution is 2.66. The van der Waals surface area contributed by atoms with Crippen LogP contribution in [0.3, 0.4) is 0 Å². The van der Waals surface area contributed by atoms with E-state index >= 15 is 0 Å². The van der Waals surface area contributed by atoms with Gasteiger partial charge in [-0.25, -0.2) is 0 Å². The second-order valence-corrected chi connectivity index (χ2v) is 11.9. The van der Waals surface area contributed by atoms with Crippen LogP contribution in [-0.4, -0.2) is 63.8 Å². The topological polar surface area (TPSA) is 99.4 Å². The minimum atomic E-state index is -1.40. The van der Waals surface area contributed by atoms with Gasteiger partial charge >= 0.3 is 0 Å². The van der Waals surface area contributed by atoms with E-state index in [1.54, 1.807) is 0 Å². The molecule has 1 aliphatic heterocycles. The lowest BCUT2D eigenvalue weighted by atomic mass is 9.47. The Hall–Kier alpha value is -0.760. The van der Waals surface area contributed by atoms with Gasteiger partial charge in [-0.15, -0.1) is 6.58 Å². The van der Waals surface area contributed by atoms with E-state index in [1.165, 1.54) is 31.3 Å². The lowest BCUT2D eigenvalue weighted by molar-refractivity contribution is -0.313. The molecule has 0 bridgehead atoms. The van der Waals surface area contributed by atoms with Crippen LogP contribution in [-0.2, 0) is 9.47 Å². The maximum absolute atomic E-state index is 10.4. The van der Waals surface area contributed by atoms with Crippen LogP contribution >= 0.6 is 0 Å². The molecule has 1 heterocycles. The molecule has 3 saturated carbocycles. The number of aliphatic hydroxyl groups excluding tert-OH is 4. The van der Waals surface area contributed by atoms with E-state index in [-0.39, 0.29) is 11.5 Å². The number of fused-ring (bicyclic) bond motifs is 5. The van der Waals surface area contributed by atoms with Crippen molar-refractivity contribution in [2.24, 2.45) is 34.5 Å². The summed E-state index contributed by atoms with van der Waals surface area (Å²) in [6, 6.07) is 0. The Morgan fingerprint density at radius 3 is 2.58 bits per heavy atom. The smallest absolute Gasteiger partial charge is 0.186 e. The molecule has 11 unspecified atom stereocenters. The van der Waals surface area contributed by atoms with Gasteiger partial charge < -0.3 is 29.9 Å². The number of aliphatic hydroxyl groups is 4. The summed E-state index contributed by atoms with van der Waals surface area (Å²) in [6.07, 6.45) is 7.62. The molecular weight excluding hydrogens is 420 g/mol. The first-order valence-corrected chi connectivity index (χ1v) is 13.0. The molecule has 5 aliphatic rings. The molecule has 5 rings (SSSR count). The molecular formula is C27H42O6. The van der Waals surface area contributed by atoms with E-state index in [1.807, 2.05) is 0 Å². The van der Waals surface area contributed by atoms with Crippen LogP contribution in [0, 0.1) is 34.5 Å². The minimum absolute atomic E-state index is 0.104. The number of allylic oxidation sites excluding steroid dienone is 2. The first-order valence-electron chi connectivity index (χ1n) is 13.0. The van der Waals surface area contributed by atoms with Crippen molar-refractivity contribution in [3.8, 4) is 0 Å². The third kappa shape index (κ3) is 3.68. The summed E-state index contributed by atoms with van der Waals surface area (Å²) < 4.78 is 11.7. The third-order valence-electron chi connectivity index (χ3n) is 10.6. The van der Waals surface area contributed by atoms with Gasteiger partial charge in [-0.3, -0.25) is 0 Å². The fourth-order valence-corrected chi connectivity index (χ4v) is 8.54. The Labute approximate surface area is 197 Å². The van der Waals surface area contributed by atoms with Crippen molar-refractivity contribution < 1.29 is 29.9 Å². The monoisotopic (exact) mass is 462 g/mol. The summed E-state index contributed by atoms with van der Waals surface area (Å²) in [7, 11) is 0. The van der Waals surface area contributed by atoms with Crippen LogP contribution in [0.5, 0.6) is 0 Å². The Morgan fingerprint density at radius 2 is 1.85 bits per heavy atom. The molecule has 33 heavy (non-hydrogen) atoms. The average Bonchev–Trinajstić information content (AvgIpc) is 3.16. The van der Waals surface area contributed by atoms with Crippen LogP contribution in [0.4, 0.5) is 0 Å². The number of rotatable bonds is 4. The molecule has 0 spiro atoms. The summed E-state index contributed by atoms with van der Waals surface area (Å²) in [4.78, 5) is 0. The molecule has 6 nitrogen and oxygen atoms in total. The maximum Gasteiger partial charge on any atom is 0.186 e. The van der Waals surface area contributed by atoms with E-state index < -0.39 is 37.3 Å². The second kappa shape index (κ2) is 8.72. The van der Waals surface area contributed by atoms with Gasteiger partial charge in [0, 0.05) is 0 Å². The molecule has 0 aromatic carbocycles. The summed E-state index contributed by atoms with van der Waals surface area (Å²) in [5, 5.41) is 40.0. The second-order valence-electron chi connectivity index (χ2n) is 11.9. The fraction of sp³-hybridized carbons (Fsp3) is 0.852. The Kier molecular flexibility index (Phi) is 6.33. The Balaban J connectivity index is 1.29. The van der Waals surface area contributed by atoms with Gasteiger partial charge in [0.25, 0.3) is 0 Å².